The largest absolute Gasteiger partial charge is 0.370 e. The highest BCUT2D eigenvalue weighted by Gasteiger charge is 2.10. The highest BCUT2D eigenvalue weighted by Crippen LogP contribution is 2.19. The molecule has 1 aliphatic rings. The van der Waals surface area contributed by atoms with Crippen molar-refractivity contribution in [3.8, 4) is 0 Å². The normalized spacial score (nSPS) is 12.9. The molecule has 2 heterocycles. The van der Waals surface area contributed by atoms with Crippen LogP contribution in [-0.4, -0.2) is 24.1 Å². The van der Waals surface area contributed by atoms with Gasteiger partial charge in [0.15, 0.2) is 0 Å². The van der Waals surface area contributed by atoms with E-state index < -0.39 is 0 Å². The monoisotopic (exact) mass is 328 g/mol. The number of fused-ring (bicyclic) bond motifs is 1. The van der Waals surface area contributed by atoms with Crippen LogP contribution in [0.2, 0.25) is 0 Å². The Morgan fingerprint density at radius 1 is 1.25 bits per heavy atom. The Morgan fingerprint density at radius 2 is 2.17 bits per heavy atom. The van der Waals surface area contributed by atoms with E-state index in [1.54, 1.807) is 12.1 Å². The van der Waals surface area contributed by atoms with Gasteiger partial charge in [0.2, 0.25) is 0 Å². The molecule has 0 saturated heterocycles. The first kappa shape index (κ1) is 16.2. The number of hydrogen-bond donors (Lipinski definition) is 3. The van der Waals surface area contributed by atoms with Crippen LogP contribution in [0.25, 0.3) is 0 Å². The van der Waals surface area contributed by atoms with Crippen molar-refractivity contribution >= 4 is 11.8 Å². The number of aromatic nitrogens is 1. The molecule has 2 amide bonds. The lowest BCUT2D eigenvalue weighted by molar-refractivity contribution is 0.240. The quantitative estimate of drug-likeness (QED) is 0.790. The van der Waals surface area contributed by atoms with Gasteiger partial charge in [-0.15, -0.1) is 0 Å². The molecule has 0 fully saturated rings. The molecule has 6 heteroatoms. The summed E-state index contributed by atoms with van der Waals surface area (Å²) < 4.78 is 13.1. The number of carbonyl (C=O) groups excluding carboxylic acids is 1. The number of nitrogens with zero attached hydrogens (tertiary/aromatic N) is 1. The van der Waals surface area contributed by atoms with Gasteiger partial charge in [-0.3, -0.25) is 0 Å². The lowest BCUT2D eigenvalue weighted by Crippen LogP contribution is -2.36. The topological polar surface area (TPSA) is 66.0 Å². The Labute approximate surface area is 140 Å². The number of carbonyl (C=O) groups is 1. The number of urea groups is 1. The molecule has 5 nitrogen and oxygen atoms in total. The average Bonchev–Trinajstić information content (AvgIpc) is 2.60. The van der Waals surface area contributed by atoms with Gasteiger partial charge < -0.3 is 16.0 Å². The van der Waals surface area contributed by atoms with Crippen LogP contribution < -0.4 is 16.0 Å². The van der Waals surface area contributed by atoms with Crippen LogP contribution in [0.3, 0.4) is 0 Å². The summed E-state index contributed by atoms with van der Waals surface area (Å²) in [5, 5.41) is 8.81. The highest BCUT2D eigenvalue weighted by atomic mass is 19.1. The summed E-state index contributed by atoms with van der Waals surface area (Å²) in [6, 6.07) is 10.0. The molecule has 0 radical (unpaired) electrons. The molecular formula is C18H21FN4O. The SMILES string of the molecule is O=C(NCCc1ccc2c(n1)NCCC2)NCc1cccc(F)c1. The van der Waals surface area contributed by atoms with Crippen LogP contribution in [0, 0.1) is 5.82 Å². The van der Waals surface area contributed by atoms with E-state index in [9.17, 15) is 9.18 Å². The van der Waals surface area contributed by atoms with E-state index >= 15 is 0 Å². The third-order valence-electron chi connectivity index (χ3n) is 3.96. The molecule has 126 valence electrons. The number of amides is 2. The average molecular weight is 328 g/mol. The van der Waals surface area contributed by atoms with E-state index in [0.717, 1.165) is 36.5 Å². The number of anilines is 1. The van der Waals surface area contributed by atoms with Gasteiger partial charge in [0.25, 0.3) is 0 Å². The van der Waals surface area contributed by atoms with Gasteiger partial charge in [-0.25, -0.2) is 14.2 Å². The van der Waals surface area contributed by atoms with E-state index in [2.05, 4.69) is 27.0 Å². The van der Waals surface area contributed by atoms with Gasteiger partial charge >= 0.3 is 6.03 Å². The van der Waals surface area contributed by atoms with Crippen molar-refractivity contribution in [1.29, 1.82) is 0 Å². The lowest BCUT2D eigenvalue weighted by Gasteiger charge is -2.17. The smallest absolute Gasteiger partial charge is 0.315 e. The molecule has 2 aromatic rings. The van der Waals surface area contributed by atoms with Crippen molar-refractivity contribution in [3.63, 3.8) is 0 Å². The molecule has 3 N–H and O–H groups in total. The van der Waals surface area contributed by atoms with Crippen LogP contribution in [0.5, 0.6) is 0 Å². The number of nitrogens with one attached hydrogen (secondary N) is 3. The van der Waals surface area contributed by atoms with Crippen molar-refractivity contribution in [2.45, 2.75) is 25.8 Å². The maximum atomic E-state index is 13.1. The molecule has 3 rings (SSSR count). The highest BCUT2D eigenvalue weighted by molar-refractivity contribution is 5.73. The minimum Gasteiger partial charge on any atom is -0.370 e. The summed E-state index contributed by atoms with van der Waals surface area (Å²) in [5.74, 6) is 0.663. The number of hydrogen-bond acceptors (Lipinski definition) is 3. The van der Waals surface area contributed by atoms with Gasteiger partial charge in [-0.2, -0.15) is 0 Å². The van der Waals surface area contributed by atoms with Crippen molar-refractivity contribution < 1.29 is 9.18 Å². The number of aryl methyl sites for hydroxylation is 1. The standard InChI is InChI=1S/C18H21FN4O/c19-15-5-1-3-13(11-15)12-22-18(24)21-10-8-16-7-6-14-4-2-9-20-17(14)23-16/h1,3,5-7,11H,2,4,8-10,12H2,(H,20,23)(H2,21,22,24). The molecule has 0 bridgehead atoms. The van der Waals surface area contributed by atoms with Crippen LogP contribution in [0.15, 0.2) is 36.4 Å². The molecule has 0 aliphatic carbocycles. The van der Waals surface area contributed by atoms with E-state index in [1.165, 1.54) is 17.7 Å². The number of benzene rings is 1. The van der Waals surface area contributed by atoms with Crippen LogP contribution in [-0.2, 0) is 19.4 Å². The van der Waals surface area contributed by atoms with Gasteiger partial charge in [0.1, 0.15) is 11.6 Å². The summed E-state index contributed by atoms with van der Waals surface area (Å²) in [7, 11) is 0. The van der Waals surface area contributed by atoms with Crippen LogP contribution >= 0.6 is 0 Å². The fourth-order valence-corrected chi connectivity index (χ4v) is 2.70. The second-order valence-electron chi connectivity index (χ2n) is 5.83. The third kappa shape index (κ3) is 4.44. The molecule has 0 unspecified atom stereocenters. The van der Waals surface area contributed by atoms with Gasteiger partial charge in [-0.1, -0.05) is 18.2 Å². The Balaban J connectivity index is 1.42. The van der Waals surface area contributed by atoms with E-state index in [1.807, 2.05) is 6.07 Å². The maximum absolute atomic E-state index is 13.1. The molecule has 0 spiro atoms. The van der Waals surface area contributed by atoms with Crippen molar-refractivity contribution in [2.24, 2.45) is 0 Å². The van der Waals surface area contributed by atoms with Gasteiger partial charge in [0, 0.05) is 31.7 Å². The summed E-state index contributed by atoms with van der Waals surface area (Å²) in [6.07, 6.45) is 2.87. The first-order valence-electron chi connectivity index (χ1n) is 8.19. The zero-order valence-corrected chi connectivity index (χ0v) is 13.4. The Hall–Kier alpha value is -2.63. The number of rotatable bonds is 5. The molecule has 1 aliphatic heterocycles. The zero-order valence-electron chi connectivity index (χ0n) is 13.4. The van der Waals surface area contributed by atoms with Crippen LogP contribution in [0.1, 0.15) is 23.2 Å². The van der Waals surface area contributed by atoms with Crippen molar-refractivity contribution in [1.82, 2.24) is 15.6 Å². The van der Waals surface area contributed by atoms with Crippen molar-refractivity contribution in [2.75, 3.05) is 18.4 Å². The molecule has 0 saturated carbocycles. The molecule has 1 aromatic heterocycles. The van der Waals surface area contributed by atoms with E-state index in [4.69, 9.17) is 0 Å². The predicted molar refractivity (Wildman–Crippen MR) is 91.4 cm³/mol. The second kappa shape index (κ2) is 7.77. The first-order valence-corrected chi connectivity index (χ1v) is 8.19. The summed E-state index contributed by atoms with van der Waals surface area (Å²) in [4.78, 5) is 16.4. The maximum Gasteiger partial charge on any atom is 0.315 e. The van der Waals surface area contributed by atoms with Crippen molar-refractivity contribution in [3.05, 3.63) is 59.0 Å². The van der Waals surface area contributed by atoms with Gasteiger partial charge in [-0.05, 0) is 42.2 Å². The minimum atomic E-state index is -0.304. The number of pyridine rings is 1. The van der Waals surface area contributed by atoms with Gasteiger partial charge in [0.05, 0.1) is 0 Å². The lowest BCUT2D eigenvalue weighted by atomic mass is 10.1. The molecular weight excluding hydrogens is 307 g/mol. The minimum absolute atomic E-state index is 0.268. The molecule has 1 aromatic carbocycles. The second-order valence-corrected chi connectivity index (χ2v) is 5.83. The first-order chi connectivity index (χ1) is 11.7. The fourth-order valence-electron chi connectivity index (χ4n) is 2.70. The predicted octanol–water partition coefficient (Wildman–Crippen LogP) is 2.62. The van der Waals surface area contributed by atoms with E-state index in [0.29, 0.717) is 19.5 Å². The summed E-state index contributed by atoms with van der Waals surface area (Å²) in [5.41, 5.74) is 2.94. The van der Waals surface area contributed by atoms with Crippen LogP contribution in [0.4, 0.5) is 15.0 Å². The fraction of sp³-hybridized carbons (Fsp3) is 0.333. The zero-order chi connectivity index (χ0) is 16.8. The summed E-state index contributed by atoms with van der Waals surface area (Å²) in [6.45, 7) is 1.76. The Kier molecular flexibility index (Phi) is 5.25. The third-order valence-corrected chi connectivity index (χ3v) is 3.96. The van der Waals surface area contributed by atoms with E-state index in [-0.39, 0.29) is 11.8 Å². The summed E-state index contributed by atoms with van der Waals surface area (Å²) >= 11 is 0. The molecule has 24 heavy (non-hydrogen) atoms. The Morgan fingerprint density at radius 3 is 3.04 bits per heavy atom. The molecule has 0 atom stereocenters. The number of halogens is 1. The Bertz CT molecular complexity index is 720.